The summed E-state index contributed by atoms with van der Waals surface area (Å²) >= 11 is 0. The fourth-order valence-corrected chi connectivity index (χ4v) is 2.10. The van der Waals surface area contributed by atoms with Crippen LogP contribution in [0.25, 0.3) is 0 Å². The van der Waals surface area contributed by atoms with Gasteiger partial charge in [0.1, 0.15) is 0 Å². The number of urea groups is 1. The predicted molar refractivity (Wildman–Crippen MR) is 53.5 cm³/mol. The highest BCUT2D eigenvalue weighted by molar-refractivity contribution is 5.96. The second kappa shape index (κ2) is 3.98. The van der Waals surface area contributed by atoms with E-state index in [1.165, 1.54) is 6.42 Å². The van der Waals surface area contributed by atoms with Crippen molar-refractivity contribution >= 4 is 11.9 Å². The number of primary amides is 1. The zero-order chi connectivity index (χ0) is 10.8. The summed E-state index contributed by atoms with van der Waals surface area (Å²) in [7, 11) is 0. The molecule has 3 N–H and O–H groups in total. The molecule has 2 atom stereocenters. The minimum absolute atomic E-state index is 0.225. The lowest BCUT2D eigenvalue weighted by molar-refractivity contribution is -0.133. The summed E-state index contributed by atoms with van der Waals surface area (Å²) in [5.74, 6) is 0.0906. The number of hydrogen-bond acceptors (Lipinski definition) is 2. The number of nitrogens with two attached hydrogens (primary N) is 1. The Balaban J connectivity index is 2.71. The van der Waals surface area contributed by atoms with E-state index in [0.29, 0.717) is 5.92 Å². The van der Waals surface area contributed by atoms with Gasteiger partial charge in [-0.2, -0.15) is 0 Å². The van der Waals surface area contributed by atoms with E-state index in [9.17, 15) is 9.59 Å². The summed E-state index contributed by atoms with van der Waals surface area (Å²) in [6.07, 6.45) is 4.10. The van der Waals surface area contributed by atoms with Crippen molar-refractivity contribution in [2.24, 2.45) is 17.1 Å². The van der Waals surface area contributed by atoms with Crippen LogP contribution in [-0.2, 0) is 4.79 Å². The zero-order valence-corrected chi connectivity index (χ0v) is 8.80. The quantitative estimate of drug-likeness (QED) is 0.668. The molecule has 3 amide bonds. The summed E-state index contributed by atoms with van der Waals surface area (Å²) in [5, 5.41) is 2.18. The van der Waals surface area contributed by atoms with Crippen LogP contribution in [0.2, 0.25) is 0 Å². The highest BCUT2D eigenvalue weighted by Gasteiger charge is 2.40. The van der Waals surface area contributed by atoms with Crippen LogP contribution < -0.4 is 11.1 Å². The predicted octanol–water partition coefficient (Wildman–Crippen LogP) is 1.40. The molecule has 0 aromatic rings. The third-order valence-corrected chi connectivity index (χ3v) is 3.43. The molecule has 0 saturated heterocycles. The highest BCUT2D eigenvalue weighted by Crippen LogP contribution is 2.40. The Hall–Kier alpha value is -1.06. The van der Waals surface area contributed by atoms with Gasteiger partial charge in [0.25, 0.3) is 0 Å². The molecule has 80 valence electrons. The van der Waals surface area contributed by atoms with Gasteiger partial charge >= 0.3 is 6.03 Å². The van der Waals surface area contributed by atoms with Crippen molar-refractivity contribution < 1.29 is 9.59 Å². The first-order chi connectivity index (χ1) is 6.47. The topological polar surface area (TPSA) is 72.2 Å². The Morgan fingerprint density at radius 3 is 2.57 bits per heavy atom. The van der Waals surface area contributed by atoms with Gasteiger partial charge in [-0.3, -0.25) is 10.1 Å². The van der Waals surface area contributed by atoms with Crippen molar-refractivity contribution in [3.8, 4) is 0 Å². The number of carbonyl (C=O) groups excluding carboxylic acids is 2. The van der Waals surface area contributed by atoms with Crippen LogP contribution in [0.3, 0.4) is 0 Å². The van der Waals surface area contributed by atoms with Crippen molar-refractivity contribution in [2.45, 2.75) is 39.5 Å². The number of hydrogen-bond donors (Lipinski definition) is 2. The minimum Gasteiger partial charge on any atom is -0.351 e. The first-order valence-electron chi connectivity index (χ1n) is 5.07. The molecule has 0 aromatic heterocycles. The monoisotopic (exact) mass is 198 g/mol. The first-order valence-corrected chi connectivity index (χ1v) is 5.07. The maximum absolute atomic E-state index is 11.7. The molecular weight excluding hydrogens is 180 g/mol. The number of carbonyl (C=O) groups is 2. The molecule has 0 spiro atoms. The van der Waals surface area contributed by atoms with Crippen molar-refractivity contribution in [3.05, 3.63) is 0 Å². The molecular formula is C10H18N2O2. The van der Waals surface area contributed by atoms with Gasteiger partial charge in [-0.15, -0.1) is 0 Å². The van der Waals surface area contributed by atoms with Crippen LogP contribution in [0, 0.1) is 11.3 Å². The number of nitrogens with one attached hydrogen (secondary N) is 1. The van der Waals surface area contributed by atoms with Gasteiger partial charge in [-0.1, -0.05) is 26.7 Å². The van der Waals surface area contributed by atoms with Crippen molar-refractivity contribution in [2.75, 3.05) is 0 Å². The average molecular weight is 198 g/mol. The zero-order valence-electron chi connectivity index (χ0n) is 8.80. The van der Waals surface area contributed by atoms with E-state index in [-0.39, 0.29) is 5.91 Å². The van der Waals surface area contributed by atoms with Gasteiger partial charge in [0, 0.05) is 5.41 Å². The highest BCUT2D eigenvalue weighted by atomic mass is 16.2. The van der Waals surface area contributed by atoms with Crippen molar-refractivity contribution in [1.82, 2.24) is 5.32 Å². The molecule has 0 bridgehead atoms. The van der Waals surface area contributed by atoms with Crippen LogP contribution in [-0.4, -0.2) is 11.9 Å². The molecule has 0 heterocycles. The summed E-state index contributed by atoms with van der Waals surface area (Å²) < 4.78 is 0. The normalized spacial score (nSPS) is 32.3. The van der Waals surface area contributed by atoms with E-state index < -0.39 is 11.4 Å². The summed E-state index contributed by atoms with van der Waals surface area (Å²) in [5.41, 5.74) is 4.51. The van der Waals surface area contributed by atoms with Gasteiger partial charge in [0.15, 0.2) is 0 Å². The molecule has 14 heavy (non-hydrogen) atoms. The standard InChI is InChI=1S/C10H18N2O2/c1-7-5-3-4-6-10(7,2)8(13)12-9(11)14/h7H,3-6H2,1-2H3,(H3,11,12,13,14). The SMILES string of the molecule is CC1CCCCC1(C)C(=O)NC(N)=O. The molecule has 0 aliphatic heterocycles. The lowest BCUT2D eigenvalue weighted by Gasteiger charge is -2.37. The molecule has 0 aromatic carbocycles. The van der Waals surface area contributed by atoms with E-state index >= 15 is 0 Å². The maximum atomic E-state index is 11.7. The fraction of sp³-hybridized carbons (Fsp3) is 0.800. The van der Waals surface area contributed by atoms with E-state index in [1.54, 1.807) is 0 Å². The lowest BCUT2D eigenvalue weighted by atomic mass is 9.68. The third kappa shape index (κ3) is 2.05. The molecule has 4 nitrogen and oxygen atoms in total. The van der Waals surface area contributed by atoms with E-state index in [4.69, 9.17) is 5.73 Å². The van der Waals surface area contributed by atoms with Crippen LogP contribution in [0.5, 0.6) is 0 Å². The Morgan fingerprint density at radius 1 is 1.43 bits per heavy atom. The Morgan fingerprint density at radius 2 is 2.07 bits per heavy atom. The number of imide groups is 1. The molecule has 1 saturated carbocycles. The largest absolute Gasteiger partial charge is 0.351 e. The second-order valence-electron chi connectivity index (χ2n) is 4.38. The Kier molecular flexibility index (Phi) is 3.13. The van der Waals surface area contributed by atoms with Crippen molar-refractivity contribution in [1.29, 1.82) is 0 Å². The van der Waals surface area contributed by atoms with E-state index in [1.807, 2.05) is 6.92 Å². The summed E-state index contributed by atoms with van der Waals surface area (Å²) in [4.78, 5) is 22.3. The summed E-state index contributed by atoms with van der Waals surface area (Å²) in [6, 6.07) is -0.756. The second-order valence-corrected chi connectivity index (χ2v) is 4.38. The average Bonchev–Trinajstić information content (AvgIpc) is 2.09. The summed E-state index contributed by atoms with van der Waals surface area (Å²) in [6.45, 7) is 3.97. The first kappa shape index (κ1) is 11.0. The van der Waals surface area contributed by atoms with Gasteiger partial charge < -0.3 is 5.73 Å². The molecule has 4 heteroatoms. The molecule has 1 rings (SSSR count). The fourth-order valence-electron chi connectivity index (χ4n) is 2.10. The van der Waals surface area contributed by atoms with Gasteiger partial charge in [0.05, 0.1) is 0 Å². The molecule has 1 aliphatic rings. The van der Waals surface area contributed by atoms with Crippen LogP contribution in [0.15, 0.2) is 0 Å². The van der Waals surface area contributed by atoms with Gasteiger partial charge in [0.2, 0.25) is 5.91 Å². The molecule has 1 aliphatic carbocycles. The van der Waals surface area contributed by atoms with Gasteiger partial charge in [-0.05, 0) is 18.8 Å². The van der Waals surface area contributed by atoms with Crippen molar-refractivity contribution in [3.63, 3.8) is 0 Å². The van der Waals surface area contributed by atoms with E-state index in [2.05, 4.69) is 12.2 Å². The number of amides is 3. The smallest absolute Gasteiger partial charge is 0.318 e. The minimum atomic E-state index is -0.756. The van der Waals surface area contributed by atoms with Gasteiger partial charge in [-0.25, -0.2) is 4.79 Å². The lowest BCUT2D eigenvalue weighted by Crippen LogP contribution is -2.48. The van der Waals surface area contributed by atoms with Crippen LogP contribution in [0.1, 0.15) is 39.5 Å². The third-order valence-electron chi connectivity index (χ3n) is 3.43. The Labute approximate surface area is 84.2 Å². The maximum Gasteiger partial charge on any atom is 0.318 e. The van der Waals surface area contributed by atoms with Crippen LogP contribution >= 0.6 is 0 Å². The van der Waals surface area contributed by atoms with Crippen LogP contribution in [0.4, 0.5) is 4.79 Å². The Bertz CT molecular complexity index is 253. The molecule has 2 unspecified atom stereocenters. The molecule has 0 radical (unpaired) electrons. The van der Waals surface area contributed by atoms with E-state index in [0.717, 1.165) is 19.3 Å². The number of rotatable bonds is 1. The molecule has 1 fully saturated rings.